The first kappa shape index (κ1) is 11.6. The van der Waals surface area contributed by atoms with Crippen molar-refractivity contribution >= 4 is 17.7 Å². The van der Waals surface area contributed by atoms with Gasteiger partial charge in [-0.15, -0.1) is 0 Å². The van der Waals surface area contributed by atoms with Crippen LogP contribution < -0.4 is 16.0 Å². The molecule has 0 atom stereocenters. The monoisotopic (exact) mass is 235 g/mol. The van der Waals surface area contributed by atoms with Crippen LogP contribution in [0.1, 0.15) is 12.8 Å². The van der Waals surface area contributed by atoms with Gasteiger partial charge in [0.25, 0.3) is 0 Å². The van der Waals surface area contributed by atoms with Crippen molar-refractivity contribution in [1.29, 1.82) is 0 Å². The molecule has 0 aromatic carbocycles. The number of amides is 1. The molecule has 0 spiro atoms. The summed E-state index contributed by atoms with van der Waals surface area (Å²) in [6, 6.07) is 1.88. The van der Waals surface area contributed by atoms with Gasteiger partial charge in [0.2, 0.25) is 11.9 Å². The molecular formula is C11H17N5O. The molecule has 0 radical (unpaired) electrons. The second-order valence-corrected chi connectivity index (χ2v) is 4.15. The maximum Gasteiger partial charge on any atom is 0.224 e. The molecule has 0 saturated carbocycles. The van der Waals surface area contributed by atoms with Crippen LogP contribution in [0.2, 0.25) is 0 Å². The minimum atomic E-state index is -0.191. The highest BCUT2D eigenvalue weighted by Crippen LogP contribution is 2.21. The number of hydrogen-bond donors (Lipinski definition) is 2. The topological polar surface area (TPSA) is 84.1 Å². The molecule has 6 heteroatoms. The smallest absolute Gasteiger partial charge is 0.224 e. The highest BCUT2D eigenvalue weighted by molar-refractivity contribution is 5.76. The van der Waals surface area contributed by atoms with Crippen LogP contribution >= 0.6 is 0 Å². The molecule has 92 valence electrons. The van der Waals surface area contributed by atoms with Crippen molar-refractivity contribution in [2.75, 3.05) is 30.4 Å². The van der Waals surface area contributed by atoms with Crippen LogP contribution in [0.15, 0.2) is 12.3 Å². The fourth-order valence-corrected chi connectivity index (χ4v) is 2.04. The Labute approximate surface area is 100 Å². The average Bonchev–Trinajstić information content (AvgIpc) is 2.39. The van der Waals surface area contributed by atoms with Crippen LogP contribution in [0.4, 0.5) is 11.8 Å². The molecule has 3 N–H and O–H groups in total. The molecule has 1 aliphatic heterocycles. The Bertz CT molecular complexity index is 401. The summed E-state index contributed by atoms with van der Waals surface area (Å²) in [6.07, 6.45) is 3.33. The Morgan fingerprint density at radius 1 is 1.53 bits per heavy atom. The minimum Gasteiger partial charge on any atom is -0.369 e. The third kappa shape index (κ3) is 2.64. The van der Waals surface area contributed by atoms with Gasteiger partial charge in [-0.2, -0.15) is 4.98 Å². The van der Waals surface area contributed by atoms with E-state index in [9.17, 15) is 4.79 Å². The summed E-state index contributed by atoms with van der Waals surface area (Å²) in [5.41, 5.74) is 5.30. The molecule has 1 saturated heterocycles. The Morgan fingerprint density at radius 3 is 2.82 bits per heavy atom. The van der Waals surface area contributed by atoms with Crippen molar-refractivity contribution in [3.63, 3.8) is 0 Å². The van der Waals surface area contributed by atoms with Gasteiger partial charge in [-0.3, -0.25) is 4.79 Å². The van der Waals surface area contributed by atoms with E-state index in [0.717, 1.165) is 31.7 Å². The van der Waals surface area contributed by atoms with Crippen LogP contribution in [0.25, 0.3) is 0 Å². The van der Waals surface area contributed by atoms with Crippen molar-refractivity contribution in [2.24, 2.45) is 11.7 Å². The predicted octanol–water partition coefficient (Wildman–Crippen LogP) is 0.220. The summed E-state index contributed by atoms with van der Waals surface area (Å²) in [4.78, 5) is 21.7. The first-order chi connectivity index (χ1) is 8.20. The van der Waals surface area contributed by atoms with E-state index < -0.39 is 0 Å². The van der Waals surface area contributed by atoms with Gasteiger partial charge >= 0.3 is 0 Å². The number of piperidine rings is 1. The SMILES string of the molecule is CNc1nccc(N2CCC(C(N)=O)CC2)n1. The lowest BCUT2D eigenvalue weighted by atomic mass is 9.96. The molecule has 1 amide bonds. The zero-order valence-corrected chi connectivity index (χ0v) is 9.89. The average molecular weight is 235 g/mol. The third-order valence-electron chi connectivity index (χ3n) is 3.09. The molecule has 2 heterocycles. The van der Waals surface area contributed by atoms with Crippen LogP contribution in [0.3, 0.4) is 0 Å². The molecule has 1 aromatic rings. The number of carbonyl (C=O) groups excluding carboxylic acids is 1. The van der Waals surface area contributed by atoms with E-state index in [-0.39, 0.29) is 11.8 Å². The van der Waals surface area contributed by atoms with Crippen LogP contribution in [0.5, 0.6) is 0 Å². The Balaban J connectivity index is 2.02. The molecule has 2 rings (SSSR count). The van der Waals surface area contributed by atoms with Gasteiger partial charge in [0.05, 0.1) is 0 Å². The number of hydrogen-bond acceptors (Lipinski definition) is 5. The number of primary amides is 1. The number of nitrogens with zero attached hydrogens (tertiary/aromatic N) is 3. The standard InChI is InChI=1S/C11H17N5O/c1-13-11-14-5-2-9(15-11)16-6-3-8(4-7-16)10(12)17/h2,5,8H,3-4,6-7H2,1H3,(H2,12,17)(H,13,14,15). The van der Waals surface area contributed by atoms with E-state index in [1.54, 1.807) is 13.2 Å². The number of aromatic nitrogens is 2. The van der Waals surface area contributed by atoms with E-state index in [1.165, 1.54) is 0 Å². The van der Waals surface area contributed by atoms with Gasteiger partial charge in [-0.05, 0) is 18.9 Å². The fourth-order valence-electron chi connectivity index (χ4n) is 2.04. The maximum absolute atomic E-state index is 11.1. The molecule has 1 aromatic heterocycles. The largest absolute Gasteiger partial charge is 0.369 e. The minimum absolute atomic E-state index is 0.0110. The number of rotatable bonds is 3. The maximum atomic E-state index is 11.1. The van der Waals surface area contributed by atoms with Gasteiger partial charge in [-0.1, -0.05) is 0 Å². The van der Waals surface area contributed by atoms with E-state index >= 15 is 0 Å². The van der Waals surface area contributed by atoms with Crippen LogP contribution in [-0.4, -0.2) is 36.0 Å². The van der Waals surface area contributed by atoms with E-state index in [1.807, 2.05) is 6.07 Å². The second kappa shape index (κ2) is 4.99. The van der Waals surface area contributed by atoms with Crippen molar-refractivity contribution in [3.8, 4) is 0 Å². The molecule has 6 nitrogen and oxygen atoms in total. The highest BCUT2D eigenvalue weighted by Gasteiger charge is 2.23. The quantitative estimate of drug-likeness (QED) is 0.783. The summed E-state index contributed by atoms with van der Waals surface area (Å²) >= 11 is 0. The number of nitrogens with one attached hydrogen (secondary N) is 1. The summed E-state index contributed by atoms with van der Waals surface area (Å²) in [6.45, 7) is 1.63. The van der Waals surface area contributed by atoms with Crippen LogP contribution in [0, 0.1) is 5.92 Å². The first-order valence-corrected chi connectivity index (χ1v) is 5.76. The predicted molar refractivity (Wildman–Crippen MR) is 65.7 cm³/mol. The fraction of sp³-hybridized carbons (Fsp3) is 0.545. The van der Waals surface area contributed by atoms with Crippen molar-refractivity contribution < 1.29 is 4.79 Å². The van der Waals surface area contributed by atoms with E-state index in [4.69, 9.17) is 5.73 Å². The van der Waals surface area contributed by atoms with Crippen molar-refractivity contribution in [2.45, 2.75) is 12.8 Å². The Hall–Kier alpha value is -1.85. The third-order valence-corrected chi connectivity index (χ3v) is 3.09. The van der Waals surface area contributed by atoms with E-state index in [2.05, 4.69) is 20.2 Å². The molecule has 1 fully saturated rings. The number of carbonyl (C=O) groups is 1. The summed E-state index contributed by atoms with van der Waals surface area (Å²) < 4.78 is 0. The van der Waals surface area contributed by atoms with Gasteiger partial charge in [0, 0.05) is 32.3 Å². The molecule has 17 heavy (non-hydrogen) atoms. The molecule has 0 unspecified atom stereocenters. The highest BCUT2D eigenvalue weighted by atomic mass is 16.1. The summed E-state index contributed by atoms with van der Waals surface area (Å²) in [5, 5.41) is 2.91. The molecule has 0 bridgehead atoms. The number of nitrogens with two attached hydrogens (primary N) is 1. The lowest BCUT2D eigenvalue weighted by Gasteiger charge is -2.31. The first-order valence-electron chi connectivity index (χ1n) is 5.76. The lowest BCUT2D eigenvalue weighted by molar-refractivity contribution is -0.122. The van der Waals surface area contributed by atoms with Crippen molar-refractivity contribution in [3.05, 3.63) is 12.3 Å². The van der Waals surface area contributed by atoms with Gasteiger partial charge in [0.15, 0.2) is 0 Å². The van der Waals surface area contributed by atoms with Gasteiger partial charge < -0.3 is 16.0 Å². The lowest BCUT2D eigenvalue weighted by Crippen LogP contribution is -2.39. The Morgan fingerprint density at radius 2 is 2.24 bits per heavy atom. The summed E-state index contributed by atoms with van der Waals surface area (Å²) in [5.74, 6) is 1.33. The molecule has 1 aliphatic rings. The van der Waals surface area contributed by atoms with Gasteiger partial charge in [-0.25, -0.2) is 4.98 Å². The molecular weight excluding hydrogens is 218 g/mol. The van der Waals surface area contributed by atoms with E-state index in [0.29, 0.717) is 5.95 Å². The summed E-state index contributed by atoms with van der Waals surface area (Å²) in [7, 11) is 1.79. The zero-order chi connectivity index (χ0) is 12.3. The van der Waals surface area contributed by atoms with Crippen LogP contribution in [-0.2, 0) is 4.79 Å². The Kier molecular flexibility index (Phi) is 3.41. The number of anilines is 2. The van der Waals surface area contributed by atoms with Gasteiger partial charge in [0.1, 0.15) is 5.82 Å². The normalized spacial score (nSPS) is 16.9. The van der Waals surface area contributed by atoms with Crippen molar-refractivity contribution in [1.82, 2.24) is 9.97 Å². The zero-order valence-electron chi connectivity index (χ0n) is 9.89. The second-order valence-electron chi connectivity index (χ2n) is 4.15. The molecule has 0 aliphatic carbocycles.